The highest BCUT2D eigenvalue weighted by molar-refractivity contribution is 7.12. The van der Waals surface area contributed by atoms with Gasteiger partial charge >= 0.3 is 6.18 Å². The van der Waals surface area contributed by atoms with Crippen molar-refractivity contribution in [3.63, 3.8) is 0 Å². The van der Waals surface area contributed by atoms with Crippen molar-refractivity contribution < 1.29 is 18.3 Å². The second-order valence-electron chi connectivity index (χ2n) is 2.82. The smallest absolute Gasteiger partial charge is 0.393 e. The van der Waals surface area contributed by atoms with Crippen molar-refractivity contribution in [2.75, 3.05) is 0 Å². The van der Waals surface area contributed by atoms with E-state index in [0.717, 1.165) is 6.07 Å². The van der Waals surface area contributed by atoms with Gasteiger partial charge in [0.25, 0.3) is 0 Å². The molecule has 5 heteroatoms. The van der Waals surface area contributed by atoms with Crippen molar-refractivity contribution in [2.45, 2.75) is 25.6 Å². The molecule has 0 aliphatic rings. The molecule has 1 atom stereocenters. The van der Waals surface area contributed by atoms with E-state index >= 15 is 0 Å². The van der Waals surface area contributed by atoms with Gasteiger partial charge in [-0.1, -0.05) is 0 Å². The van der Waals surface area contributed by atoms with Gasteiger partial charge in [0.15, 0.2) is 0 Å². The Morgan fingerprint density at radius 1 is 1.46 bits per heavy atom. The summed E-state index contributed by atoms with van der Waals surface area (Å²) in [6.45, 7) is 1.55. The van der Waals surface area contributed by atoms with Gasteiger partial charge in [-0.05, 0) is 19.1 Å². The molecule has 1 N–H and O–H groups in total. The fourth-order valence-corrected chi connectivity index (χ4v) is 1.93. The SMILES string of the molecule is CC(O)Cc1ccc(C(F)(F)F)s1. The van der Waals surface area contributed by atoms with Gasteiger partial charge in [-0.15, -0.1) is 11.3 Å². The Morgan fingerprint density at radius 3 is 2.46 bits per heavy atom. The van der Waals surface area contributed by atoms with Crippen molar-refractivity contribution in [2.24, 2.45) is 0 Å². The molecule has 1 rings (SSSR count). The number of aliphatic hydroxyl groups excluding tert-OH is 1. The van der Waals surface area contributed by atoms with Gasteiger partial charge in [0.2, 0.25) is 0 Å². The molecule has 0 aromatic carbocycles. The van der Waals surface area contributed by atoms with E-state index in [1.807, 2.05) is 0 Å². The maximum atomic E-state index is 12.1. The number of thiophene rings is 1. The summed E-state index contributed by atoms with van der Waals surface area (Å²) in [6.07, 6.45) is -4.58. The number of rotatable bonds is 2. The Labute approximate surface area is 77.8 Å². The summed E-state index contributed by atoms with van der Waals surface area (Å²) in [5, 5.41) is 8.94. The number of hydrogen-bond acceptors (Lipinski definition) is 2. The van der Waals surface area contributed by atoms with Gasteiger partial charge in [0.05, 0.1) is 6.10 Å². The Hall–Kier alpha value is -0.550. The lowest BCUT2D eigenvalue weighted by Crippen LogP contribution is -2.02. The third-order valence-electron chi connectivity index (χ3n) is 1.44. The minimum atomic E-state index is -4.26. The number of hydrogen-bond donors (Lipinski definition) is 1. The molecule has 0 aliphatic heterocycles. The molecular formula is C8H9F3OS. The first kappa shape index (κ1) is 10.5. The molecule has 0 saturated heterocycles. The van der Waals surface area contributed by atoms with Gasteiger partial charge < -0.3 is 5.11 Å². The van der Waals surface area contributed by atoms with E-state index < -0.39 is 17.2 Å². The Morgan fingerprint density at radius 2 is 2.08 bits per heavy atom. The molecular weight excluding hydrogens is 201 g/mol. The van der Waals surface area contributed by atoms with Crippen molar-refractivity contribution in [1.29, 1.82) is 0 Å². The van der Waals surface area contributed by atoms with Crippen LogP contribution in [0.5, 0.6) is 0 Å². The largest absolute Gasteiger partial charge is 0.425 e. The molecule has 74 valence electrons. The summed E-state index contributed by atoms with van der Waals surface area (Å²) >= 11 is 0.683. The average Bonchev–Trinajstić information content (AvgIpc) is 2.32. The molecule has 1 aromatic heterocycles. The van der Waals surface area contributed by atoms with E-state index in [1.54, 1.807) is 6.92 Å². The zero-order chi connectivity index (χ0) is 10.1. The molecule has 13 heavy (non-hydrogen) atoms. The topological polar surface area (TPSA) is 20.2 Å². The van der Waals surface area contributed by atoms with Crippen LogP contribution in [0.1, 0.15) is 16.7 Å². The fraction of sp³-hybridized carbons (Fsp3) is 0.500. The first-order valence-corrected chi connectivity index (χ1v) is 4.55. The predicted molar refractivity (Wildman–Crippen MR) is 44.7 cm³/mol. The third-order valence-corrected chi connectivity index (χ3v) is 2.59. The summed E-state index contributed by atoms with van der Waals surface area (Å²) in [5.74, 6) is 0. The summed E-state index contributed by atoms with van der Waals surface area (Å²) in [7, 11) is 0. The van der Waals surface area contributed by atoms with Gasteiger partial charge in [0, 0.05) is 11.3 Å². The average molecular weight is 210 g/mol. The van der Waals surface area contributed by atoms with E-state index in [0.29, 0.717) is 16.2 Å². The summed E-state index contributed by atoms with van der Waals surface area (Å²) < 4.78 is 36.3. The molecule has 0 bridgehead atoms. The summed E-state index contributed by atoms with van der Waals surface area (Å²) in [6, 6.07) is 2.45. The minimum Gasteiger partial charge on any atom is -0.393 e. The normalized spacial score (nSPS) is 14.5. The van der Waals surface area contributed by atoms with Crippen LogP contribution in [-0.4, -0.2) is 11.2 Å². The van der Waals surface area contributed by atoms with Crippen LogP contribution in [0.4, 0.5) is 13.2 Å². The highest BCUT2D eigenvalue weighted by atomic mass is 32.1. The molecule has 1 heterocycles. The van der Waals surface area contributed by atoms with Crippen LogP contribution in [0.3, 0.4) is 0 Å². The van der Waals surface area contributed by atoms with Crippen LogP contribution in [0.2, 0.25) is 0 Å². The Balaban J connectivity index is 2.75. The number of aliphatic hydroxyl groups is 1. The minimum absolute atomic E-state index is 0.279. The highest BCUT2D eigenvalue weighted by Crippen LogP contribution is 2.34. The van der Waals surface area contributed by atoms with Crippen LogP contribution < -0.4 is 0 Å². The second kappa shape index (κ2) is 3.67. The molecule has 1 unspecified atom stereocenters. The van der Waals surface area contributed by atoms with Crippen LogP contribution in [0.15, 0.2) is 12.1 Å². The number of alkyl halides is 3. The van der Waals surface area contributed by atoms with Gasteiger partial charge in [-0.25, -0.2) is 0 Å². The van der Waals surface area contributed by atoms with E-state index in [9.17, 15) is 13.2 Å². The molecule has 1 nitrogen and oxygen atoms in total. The first-order chi connectivity index (χ1) is 5.89. The third kappa shape index (κ3) is 3.00. The van der Waals surface area contributed by atoms with Crippen molar-refractivity contribution in [1.82, 2.24) is 0 Å². The maximum absolute atomic E-state index is 12.1. The molecule has 0 aliphatic carbocycles. The molecule has 1 aromatic rings. The second-order valence-corrected chi connectivity index (χ2v) is 3.99. The van der Waals surface area contributed by atoms with E-state index in [2.05, 4.69) is 0 Å². The van der Waals surface area contributed by atoms with Gasteiger partial charge in [-0.2, -0.15) is 13.2 Å². The van der Waals surface area contributed by atoms with E-state index in [-0.39, 0.29) is 6.42 Å². The monoisotopic (exact) mass is 210 g/mol. The van der Waals surface area contributed by atoms with E-state index in [4.69, 9.17) is 5.11 Å². The quantitative estimate of drug-likeness (QED) is 0.795. The zero-order valence-electron chi connectivity index (χ0n) is 6.93. The molecule has 0 amide bonds. The van der Waals surface area contributed by atoms with Crippen molar-refractivity contribution in [3.05, 3.63) is 21.9 Å². The lowest BCUT2D eigenvalue weighted by atomic mass is 10.2. The summed E-state index contributed by atoms with van der Waals surface area (Å²) in [5.41, 5.74) is 0. The van der Waals surface area contributed by atoms with Crippen LogP contribution in [0.25, 0.3) is 0 Å². The fourth-order valence-electron chi connectivity index (χ4n) is 0.931. The molecule has 0 spiro atoms. The van der Waals surface area contributed by atoms with Crippen LogP contribution >= 0.6 is 11.3 Å². The molecule has 0 saturated carbocycles. The Kier molecular flexibility index (Phi) is 2.98. The van der Waals surface area contributed by atoms with E-state index in [1.165, 1.54) is 6.07 Å². The summed E-state index contributed by atoms with van der Waals surface area (Å²) in [4.78, 5) is -0.0505. The van der Waals surface area contributed by atoms with Crippen LogP contribution in [0, 0.1) is 0 Å². The van der Waals surface area contributed by atoms with Gasteiger partial charge in [0.1, 0.15) is 4.88 Å². The van der Waals surface area contributed by atoms with Gasteiger partial charge in [-0.3, -0.25) is 0 Å². The number of halogens is 3. The molecule has 0 radical (unpaired) electrons. The first-order valence-electron chi connectivity index (χ1n) is 3.73. The predicted octanol–water partition coefficient (Wildman–Crippen LogP) is 2.69. The standard InChI is InChI=1S/C8H9F3OS/c1-5(12)4-6-2-3-7(13-6)8(9,10)11/h2-3,5,12H,4H2,1H3. The highest BCUT2D eigenvalue weighted by Gasteiger charge is 2.32. The zero-order valence-corrected chi connectivity index (χ0v) is 7.75. The lowest BCUT2D eigenvalue weighted by molar-refractivity contribution is -0.134. The lowest BCUT2D eigenvalue weighted by Gasteiger charge is -2.02. The maximum Gasteiger partial charge on any atom is 0.425 e. The van der Waals surface area contributed by atoms with Crippen molar-refractivity contribution >= 4 is 11.3 Å². The molecule has 0 fully saturated rings. The van der Waals surface area contributed by atoms with Crippen molar-refractivity contribution in [3.8, 4) is 0 Å². The van der Waals surface area contributed by atoms with Crippen LogP contribution in [-0.2, 0) is 12.6 Å². The Bertz CT molecular complexity index is 277.